The molecule has 0 saturated heterocycles. The maximum Gasteiger partial charge on any atom is 0.355 e. The molecule has 0 spiro atoms. The zero-order valence-electron chi connectivity index (χ0n) is 12.1. The molecule has 3 nitrogen and oxygen atoms in total. The summed E-state index contributed by atoms with van der Waals surface area (Å²) in [7, 11) is 1.38. The van der Waals surface area contributed by atoms with Gasteiger partial charge in [-0.15, -0.1) is 0 Å². The predicted octanol–water partition coefficient (Wildman–Crippen LogP) is 5.07. The first-order valence-corrected chi connectivity index (χ1v) is 7.92. The normalized spacial score (nSPS) is 10.9. The van der Waals surface area contributed by atoms with Crippen molar-refractivity contribution in [2.24, 2.45) is 0 Å². The minimum Gasteiger partial charge on any atom is -0.464 e. The van der Waals surface area contributed by atoms with Crippen LogP contribution in [0.3, 0.4) is 0 Å². The molecule has 0 amide bonds. The number of aromatic nitrogens is 1. The number of ether oxygens (including phenoxy) is 1. The van der Waals surface area contributed by atoms with Crippen molar-refractivity contribution < 1.29 is 9.53 Å². The van der Waals surface area contributed by atoms with Crippen molar-refractivity contribution in [2.75, 3.05) is 7.11 Å². The number of esters is 1. The summed E-state index contributed by atoms with van der Waals surface area (Å²) < 4.78 is 4.89. The van der Waals surface area contributed by atoms with Crippen molar-refractivity contribution in [1.82, 2.24) is 4.98 Å². The summed E-state index contributed by atoms with van der Waals surface area (Å²) in [6.07, 6.45) is 0. The topological polar surface area (TPSA) is 42.1 Å². The van der Waals surface area contributed by atoms with Gasteiger partial charge in [0.25, 0.3) is 0 Å². The summed E-state index contributed by atoms with van der Waals surface area (Å²) in [5, 5.41) is 1.69. The molecule has 2 aromatic carbocycles. The zero-order valence-corrected chi connectivity index (χ0v) is 13.7. The third-order valence-corrected chi connectivity index (χ3v) is 4.72. The van der Waals surface area contributed by atoms with Crippen molar-refractivity contribution >= 4 is 40.2 Å². The quantitative estimate of drug-likeness (QED) is 0.681. The van der Waals surface area contributed by atoms with Gasteiger partial charge >= 0.3 is 5.97 Å². The molecule has 1 N–H and O–H groups in total. The fourth-order valence-electron chi connectivity index (χ4n) is 2.26. The van der Waals surface area contributed by atoms with Gasteiger partial charge < -0.3 is 9.72 Å². The van der Waals surface area contributed by atoms with Gasteiger partial charge in [-0.05, 0) is 42.8 Å². The molecule has 0 aliphatic heterocycles. The number of hydrogen-bond acceptors (Lipinski definition) is 3. The van der Waals surface area contributed by atoms with Crippen molar-refractivity contribution in [2.45, 2.75) is 16.7 Å². The monoisotopic (exact) mass is 331 g/mol. The number of rotatable bonds is 3. The minimum absolute atomic E-state index is 0.370. The molecule has 22 heavy (non-hydrogen) atoms. The fraction of sp³-hybridized carbons (Fsp3) is 0.118. The van der Waals surface area contributed by atoms with E-state index in [4.69, 9.17) is 16.3 Å². The maximum atomic E-state index is 12.0. The van der Waals surface area contributed by atoms with E-state index in [0.29, 0.717) is 10.7 Å². The van der Waals surface area contributed by atoms with Crippen LogP contribution < -0.4 is 0 Å². The molecular weight excluding hydrogens is 318 g/mol. The Hall–Kier alpha value is -1.91. The van der Waals surface area contributed by atoms with Gasteiger partial charge in [0, 0.05) is 20.8 Å². The van der Waals surface area contributed by atoms with Crippen molar-refractivity contribution in [3.63, 3.8) is 0 Å². The van der Waals surface area contributed by atoms with Gasteiger partial charge in [-0.3, -0.25) is 0 Å². The van der Waals surface area contributed by atoms with Gasteiger partial charge in [-0.25, -0.2) is 4.79 Å². The van der Waals surface area contributed by atoms with Gasteiger partial charge in [0.2, 0.25) is 0 Å². The lowest BCUT2D eigenvalue weighted by molar-refractivity contribution is 0.0591. The number of nitrogens with one attached hydrogen (secondary N) is 1. The van der Waals surface area contributed by atoms with Crippen molar-refractivity contribution in [3.05, 3.63) is 58.7 Å². The van der Waals surface area contributed by atoms with E-state index in [2.05, 4.69) is 4.98 Å². The number of aromatic amines is 1. The molecule has 0 bridgehead atoms. The van der Waals surface area contributed by atoms with Gasteiger partial charge in [0.05, 0.1) is 12.0 Å². The van der Waals surface area contributed by atoms with Crippen LogP contribution in [-0.4, -0.2) is 18.1 Å². The number of H-pyrrole nitrogens is 1. The number of aryl methyl sites for hydroxylation is 1. The van der Waals surface area contributed by atoms with Crippen LogP contribution in [0.1, 0.15) is 16.1 Å². The second-order valence-corrected chi connectivity index (χ2v) is 6.45. The van der Waals surface area contributed by atoms with Crippen LogP contribution in [0.25, 0.3) is 10.9 Å². The molecule has 0 aliphatic rings. The molecule has 0 aliphatic carbocycles. The molecule has 1 aromatic heterocycles. The number of methoxy groups -OCH3 is 1. The molecule has 0 atom stereocenters. The first kappa shape index (κ1) is 15.0. The van der Waals surface area contributed by atoms with E-state index in [1.165, 1.54) is 18.9 Å². The molecule has 3 aromatic rings. The first-order valence-electron chi connectivity index (χ1n) is 6.72. The molecule has 5 heteroatoms. The molecule has 112 valence electrons. The lowest BCUT2D eigenvalue weighted by Crippen LogP contribution is -2.02. The molecule has 3 rings (SSSR count). The Morgan fingerprint density at radius 1 is 1.18 bits per heavy atom. The van der Waals surface area contributed by atoms with Crippen LogP contribution >= 0.6 is 23.4 Å². The summed E-state index contributed by atoms with van der Waals surface area (Å²) in [5.41, 5.74) is 2.54. The SMILES string of the molecule is COC(=O)c1[nH]c2cc(C)ccc2c1Sc1ccc(Cl)cc1. The maximum absolute atomic E-state index is 12.0. The van der Waals surface area contributed by atoms with Gasteiger partial charge in [-0.2, -0.15) is 0 Å². The Morgan fingerprint density at radius 3 is 2.59 bits per heavy atom. The highest BCUT2D eigenvalue weighted by Gasteiger charge is 2.19. The van der Waals surface area contributed by atoms with Crippen LogP contribution in [-0.2, 0) is 4.74 Å². The Kier molecular flexibility index (Phi) is 4.14. The predicted molar refractivity (Wildman–Crippen MR) is 90.0 cm³/mol. The Morgan fingerprint density at radius 2 is 1.91 bits per heavy atom. The fourth-order valence-corrected chi connectivity index (χ4v) is 3.42. The Balaban J connectivity index is 2.12. The highest BCUT2D eigenvalue weighted by atomic mass is 35.5. The molecule has 1 heterocycles. The molecule has 0 fully saturated rings. The second-order valence-electron chi connectivity index (χ2n) is 4.93. The molecule has 0 saturated carbocycles. The van der Waals surface area contributed by atoms with Crippen LogP contribution in [0.4, 0.5) is 0 Å². The largest absolute Gasteiger partial charge is 0.464 e. The number of carbonyl (C=O) groups excluding carboxylic acids is 1. The van der Waals surface area contributed by atoms with Crippen LogP contribution in [0, 0.1) is 6.92 Å². The van der Waals surface area contributed by atoms with Crippen molar-refractivity contribution in [1.29, 1.82) is 0 Å². The second kappa shape index (κ2) is 6.07. The highest BCUT2D eigenvalue weighted by molar-refractivity contribution is 7.99. The molecular formula is C17H14ClNO2S. The number of halogens is 1. The number of carbonyl (C=O) groups is 1. The van der Waals surface area contributed by atoms with Crippen LogP contribution in [0.2, 0.25) is 5.02 Å². The van der Waals surface area contributed by atoms with E-state index < -0.39 is 0 Å². The standard InChI is InChI=1S/C17H14ClNO2S/c1-10-3-8-13-14(9-10)19-15(17(20)21-2)16(13)22-12-6-4-11(18)5-7-12/h3-9,19H,1-2H3. The van der Waals surface area contributed by atoms with Crippen LogP contribution in [0.15, 0.2) is 52.3 Å². The number of benzene rings is 2. The summed E-state index contributed by atoms with van der Waals surface area (Å²) in [6, 6.07) is 13.6. The van der Waals surface area contributed by atoms with Gasteiger partial charge in [0.15, 0.2) is 0 Å². The van der Waals surface area contributed by atoms with E-state index in [-0.39, 0.29) is 5.97 Å². The van der Waals surface area contributed by atoms with Gasteiger partial charge in [0.1, 0.15) is 5.69 Å². The van der Waals surface area contributed by atoms with E-state index in [0.717, 1.165) is 26.3 Å². The average molecular weight is 332 g/mol. The Labute approximate surface area is 137 Å². The summed E-state index contributed by atoms with van der Waals surface area (Å²) in [6.45, 7) is 2.02. The van der Waals surface area contributed by atoms with E-state index >= 15 is 0 Å². The third-order valence-electron chi connectivity index (χ3n) is 3.33. The summed E-state index contributed by atoms with van der Waals surface area (Å²) >= 11 is 7.44. The lowest BCUT2D eigenvalue weighted by Gasteiger charge is -2.04. The van der Waals surface area contributed by atoms with Gasteiger partial charge in [-0.1, -0.05) is 35.5 Å². The van der Waals surface area contributed by atoms with Crippen molar-refractivity contribution in [3.8, 4) is 0 Å². The number of hydrogen-bond donors (Lipinski definition) is 1. The Bertz CT molecular complexity index is 840. The highest BCUT2D eigenvalue weighted by Crippen LogP contribution is 2.37. The zero-order chi connectivity index (χ0) is 15.7. The van der Waals surface area contributed by atoms with E-state index in [9.17, 15) is 4.79 Å². The number of fused-ring (bicyclic) bond motifs is 1. The van der Waals surface area contributed by atoms with E-state index in [1.807, 2.05) is 49.4 Å². The van der Waals surface area contributed by atoms with Crippen LogP contribution in [0.5, 0.6) is 0 Å². The third kappa shape index (κ3) is 2.85. The average Bonchev–Trinajstić information content (AvgIpc) is 2.86. The summed E-state index contributed by atoms with van der Waals surface area (Å²) in [4.78, 5) is 17.1. The van der Waals surface area contributed by atoms with E-state index in [1.54, 1.807) is 0 Å². The summed E-state index contributed by atoms with van der Waals surface area (Å²) in [5.74, 6) is -0.370. The molecule has 0 radical (unpaired) electrons. The smallest absolute Gasteiger partial charge is 0.355 e. The minimum atomic E-state index is -0.370. The molecule has 0 unspecified atom stereocenters. The lowest BCUT2D eigenvalue weighted by atomic mass is 10.2. The first-order chi connectivity index (χ1) is 10.6.